The van der Waals surface area contributed by atoms with Gasteiger partial charge in [0.25, 0.3) is 0 Å². The van der Waals surface area contributed by atoms with Crippen molar-refractivity contribution in [3.63, 3.8) is 0 Å². The van der Waals surface area contributed by atoms with Gasteiger partial charge in [-0.3, -0.25) is 4.90 Å². The van der Waals surface area contributed by atoms with Crippen LogP contribution in [0, 0.1) is 5.41 Å². The molecule has 0 bridgehead atoms. The lowest BCUT2D eigenvalue weighted by Gasteiger charge is -2.33. The number of rotatable bonds is 3. The number of hydrogen-bond acceptors (Lipinski definition) is 2. The molecule has 0 N–H and O–H groups in total. The molecule has 0 radical (unpaired) electrons. The average Bonchev–Trinajstić information content (AvgIpc) is 2.86. The lowest BCUT2D eigenvalue weighted by molar-refractivity contribution is -0.118. The van der Waals surface area contributed by atoms with Crippen LogP contribution in [0.25, 0.3) is 0 Å². The molecule has 2 nitrogen and oxygen atoms in total. The number of nitrogens with zero attached hydrogens (tertiary/aromatic N) is 1. The molecule has 1 saturated carbocycles. The minimum atomic E-state index is -0.0736. The number of hydrogen-bond donors (Lipinski definition) is 0. The van der Waals surface area contributed by atoms with E-state index in [9.17, 15) is 4.79 Å². The Morgan fingerprint density at radius 2 is 1.71 bits per heavy atom. The number of carbonyl (C=O) groups is 1. The molecular formula is C19H27NO. The van der Waals surface area contributed by atoms with Crippen LogP contribution >= 0.6 is 0 Å². The molecule has 1 aromatic carbocycles. The Kier molecular flexibility index (Phi) is 4.74. The third kappa shape index (κ3) is 3.55. The zero-order valence-electron chi connectivity index (χ0n) is 13.0. The summed E-state index contributed by atoms with van der Waals surface area (Å²) in [5.74, 6) is 0. The normalized spacial score (nSPS) is 22.9. The topological polar surface area (TPSA) is 20.3 Å². The molecule has 114 valence electrons. The van der Waals surface area contributed by atoms with Crippen molar-refractivity contribution in [2.24, 2.45) is 5.41 Å². The highest BCUT2D eigenvalue weighted by Gasteiger charge is 2.33. The molecule has 2 heteroatoms. The van der Waals surface area contributed by atoms with Crippen molar-refractivity contribution in [2.75, 3.05) is 13.1 Å². The van der Waals surface area contributed by atoms with Crippen LogP contribution in [-0.4, -0.2) is 24.3 Å². The molecule has 1 heterocycles. The maximum atomic E-state index is 11.8. The molecule has 0 amide bonds. The van der Waals surface area contributed by atoms with Crippen LogP contribution in [-0.2, 0) is 17.8 Å². The van der Waals surface area contributed by atoms with Gasteiger partial charge in [-0.1, -0.05) is 49.9 Å². The van der Waals surface area contributed by atoms with Gasteiger partial charge in [-0.15, -0.1) is 0 Å². The summed E-state index contributed by atoms with van der Waals surface area (Å²) in [6.07, 6.45) is 10.9. The van der Waals surface area contributed by atoms with E-state index < -0.39 is 0 Å². The third-order valence-electron chi connectivity index (χ3n) is 5.32. The first-order valence-corrected chi connectivity index (χ1v) is 8.57. The predicted molar refractivity (Wildman–Crippen MR) is 86.2 cm³/mol. The van der Waals surface area contributed by atoms with Gasteiger partial charge in [0, 0.05) is 18.5 Å². The zero-order valence-corrected chi connectivity index (χ0v) is 13.0. The van der Waals surface area contributed by atoms with Crippen molar-refractivity contribution >= 4 is 6.29 Å². The summed E-state index contributed by atoms with van der Waals surface area (Å²) in [7, 11) is 0. The molecule has 1 aliphatic heterocycles. The van der Waals surface area contributed by atoms with Crippen molar-refractivity contribution < 1.29 is 4.79 Å². The standard InChI is InChI=1S/C19H27NO/c21-16-19(11-5-1-2-6-12-19)15-20-13-7-10-17-8-3-4-9-18(17)14-20/h3-4,8-9,16H,1-2,5-7,10-15H2. The van der Waals surface area contributed by atoms with Crippen LogP contribution in [0.15, 0.2) is 24.3 Å². The SMILES string of the molecule is O=CC1(CN2CCCc3ccccc3C2)CCCCCC1. The quantitative estimate of drug-likeness (QED) is 0.618. The monoisotopic (exact) mass is 285 g/mol. The van der Waals surface area contributed by atoms with Gasteiger partial charge in [0.1, 0.15) is 6.29 Å². The number of benzene rings is 1. The van der Waals surface area contributed by atoms with Crippen molar-refractivity contribution in [1.29, 1.82) is 0 Å². The van der Waals surface area contributed by atoms with Gasteiger partial charge in [-0.05, 0) is 43.4 Å². The molecule has 2 aliphatic rings. The summed E-state index contributed by atoms with van der Waals surface area (Å²) in [5, 5.41) is 0. The van der Waals surface area contributed by atoms with Gasteiger partial charge in [-0.25, -0.2) is 0 Å². The number of aryl methyl sites for hydroxylation is 1. The van der Waals surface area contributed by atoms with Gasteiger partial charge in [-0.2, -0.15) is 0 Å². The molecule has 1 fully saturated rings. The average molecular weight is 285 g/mol. The second-order valence-corrected chi connectivity index (χ2v) is 6.98. The van der Waals surface area contributed by atoms with E-state index in [4.69, 9.17) is 0 Å². The molecule has 0 spiro atoms. The first-order chi connectivity index (χ1) is 10.3. The van der Waals surface area contributed by atoms with E-state index in [1.54, 1.807) is 0 Å². The summed E-state index contributed by atoms with van der Waals surface area (Å²) in [4.78, 5) is 14.3. The first-order valence-electron chi connectivity index (χ1n) is 8.57. The maximum absolute atomic E-state index is 11.8. The summed E-state index contributed by atoms with van der Waals surface area (Å²) in [5.41, 5.74) is 2.89. The second kappa shape index (κ2) is 6.74. The highest BCUT2D eigenvalue weighted by Crippen LogP contribution is 2.35. The molecule has 1 aromatic rings. The fourth-order valence-corrected chi connectivity index (χ4v) is 4.09. The first kappa shape index (κ1) is 14.8. The molecule has 3 rings (SSSR count). The molecule has 0 unspecified atom stereocenters. The van der Waals surface area contributed by atoms with E-state index >= 15 is 0 Å². The third-order valence-corrected chi connectivity index (χ3v) is 5.32. The Morgan fingerprint density at radius 1 is 1.00 bits per heavy atom. The van der Waals surface area contributed by atoms with Crippen molar-refractivity contribution in [2.45, 2.75) is 57.9 Å². The van der Waals surface area contributed by atoms with Crippen molar-refractivity contribution in [3.05, 3.63) is 35.4 Å². The fraction of sp³-hybridized carbons (Fsp3) is 0.632. The Labute approximate surface area is 128 Å². The van der Waals surface area contributed by atoms with Crippen LogP contribution in [0.5, 0.6) is 0 Å². The van der Waals surface area contributed by atoms with Crippen LogP contribution < -0.4 is 0 Å². The van der Waals surface area contributed by atoms with Crippen molar-refractivity contribution in [3.8, 4) is 0 Å². The minimum Gasteiger partial charge on any atom is -0.303 e. The van der Waals surface area contributed by atoms with Gasteiger partial charge in [0.15, 0.2) is 0 Å². The van der Waals surface area contributed by atoms with Crippen LogP contribution in [0.4, 0.5) is 0 Å². The molecular weight excluding hydrogens is 258 g/mol. The van der Waals surface area contributed by atoms with E-state index in [0.29, 0.717) is 0 Å². The van der Waals surface area contributed by atoms with E-state index in [0.717, 1.165) is 32.5 Å². The zero-order chi connectivity index (χ0) is 14.5. The fourth-order valence-electron chi connectivity index (χ4n) is 4.09. The maximum Gasteiger partial charge on any atom is 0.127 e. The Hall–Kier alpha value is -1.15. The van der Waals surface area contributed by atoms with Gasteiger partial charge in [0.05, 0.1) is 0 Å². The van der Waals surface area contributed by atoms with E-state index in [2.05, 4.69) is 29.2 Å². The van der Waals surface area contributed by atoms with Gasteiger partial charge < -0.3 is 4.79 Å². The molecule has 0 saturated heterocycles. The summed E-state index contributed by atoms with van der Waals surface area (Å²) in [6.45, 7) is 3.11. The van der Waals surface area contributed by atoms with E-state index in [-0.39, 0.29) is 5.41 Å². The molecule has 0 atom stereocenters. The summed E-state index contributed by atoms with van der Waals surface area (Å²) in [6, 6.07) is 8.81. The van der Waals surface area contributed by atoms with Gasteiger partial charge in [0.2, 0.25) is 0 Å². The molecule has 0 aromatic heterocycles. The minimum absolute atomic E-state index is 0.0736. The molecule has 21 heavy (non-hydrogen) atoms. The lowest BCUT2D eigenvalue weighted by Crippen LogP contribution is -2.38. The molecule has 1 aliphatic carbocycles. The number of fused-ring (bicyclic) bond motifs is 1. The lowest BCUT2D eigenvalue weighted by atomic mass is 9.81. The summed E-state index contributed by atoms with van der Waals surface area (Å²) >= 11 is 0. The largest absolute Gasteiger partial charge is 0.303 e. The highest BCUT2D eigenvalue weighted by molar-refractivity contribution is 5.59. The summed E-state index contributed by atoms with van der Waals surface area (Å²) < 4.78 is 0. The van der Waals surface area contributed by atoms with E-state index in [1.165, 1.54) is 55.9 Å². The Balaban J connectivity index is 1.73. The smallest absolute Gasteiger partial charge is 0.127 e. The highest BCUT2D eigenvalue weighted by atomic mass is 16.1. The number of aldehydes is 1. The second-order valence-electron chi connectivity index (χ2n) is 6.98. The Bertz CT molecular complexity index is 474. The van der Waals surface area contributed by atoms with Crippen molar-refractivity contribution in [1.82, 2.24) is 4.90 Å². The van der Waals surface area contributed by atoms with Crippen LogP contribution in [0.2, 0.25) is 0 Å². The number of carbonyl (C=O) groups excluding carboxylic acids is 1. The van der Waals surface area contributed by atoms with Crippen LogP contribution in [0.1, 0.15) is 56.1 Å². The van der Waals surface area contributed by atoms with E-state index in [1.807, 2.05) is 0 Å². The Morgan fingerprint density at radius 3 is 2.43 bits per heavy atom. The van der Waals surface area contributed by atoms with Gasteiger partial charge >= 0.3 is 0 Å². The predicted octanol–water partition coefficient (Wildman–Crippen LogP) is 3.97. The van der Waals surface area contributed by atoms with Crippen LogP contribution in [0.3, 0.4) is 0 Å².